The van der Waals surface area contributed by atoms with E-state index in [1.54, 1.807) is 5.57 Å². The average molecular weight is 319 g/mol. The van der Waals surface area contributed by atoms with Gasteiger partial charge in [-0.2, -0.15) is 0 Å². The van der Waals surface area contributed by atoms with E-state index in [9.17, 15) is 5.11 Å². The fourth-order valence-electron chi connectivity index (χ4n) is 7.06. The van der Waals surface area contributed by atoms with Gasteiger partial charge in [-0.1, -0.05) is 45.8 Å². The number of hydrogen-bond acceptors (Lipinski definition) is 1. The molecule has 1 heteroatoms. The van der Waals surface area contributed by atoms with Gasteiger partial charge in [-0.25, -0.2) is 0 Å². The number of rotatable bonds is 4. The molecular formula is C22H38O. The minimum absolute atomic E-state index is 0.200. The van der Waals surface area contributed by atoms with Crippen molar-refractivity contribution in [1.29, 1.82) is 0 Å². The van der Waals surface area contributed by atoms with Crippen molar-refractivity contribution < 1.29 is 5.11 Å². The molecular weight excluding hydrogens is 280 g/mol. The van der Waals surface area contributed by atoms with Crippen LogP contribution in [-0.2, 0) is 0 Å². The molecule has 132 valence electrons. The van der Waals surface area contributed by atoms with E-state index in [0.717, 1.165) is 30.1 Å². The van der Waals surface area contributed by atoms with Crippen LogP contribution in [-0.4, -0.2) is 11.2 Å². The highest BCUT2D eigenvalue weighted by Crippen LogP contribution is 2.65. The molecule has 0 radical (unpaired) electrons. The van der Waals surface area contributed by atoms with Gasteiger partial charge in [-0.05, 0) is 86.4 Å². The van der Waals surface area contributed by atoms with Crippen molar-refractivity contribution in [3.8, 4) is 0 Å². The Morgan fingerprint density at radius 2 is 1.91 bits per heavy atom. The molecule has 0 amide bonds. The van der Waals surface area contributed by atoms with Gasteiger partial charge in [0.15, 0.2) is 0 Å². The minimum atomic E-state index is -0.200. The second kappa shape index (κ2) is 6.21. The number of hydrogen-bond donors (Lipinski definition) is 1. The first-order valence-corrected chi connectivity index (χ1v) is 10.2. The summed E-state index contributed by atoms with van der Waals surface area (Å²) in [6.45, 7) is 11.8. The van der Waals surface area contributed by atoms with Crippen molar-refractivity contribution in [3.63, 3.8) is 0 Å². The molecule has 1 nitrogen and oxygen atoms in total. The Bertz CT molecular complexity index is 465. The summed E-state index contributed by atoms with van der Waals surface area (Å²) in [7, 11) is 0. The Labute approximate surface area is 143 Å². The number of allylic oxidation sites excluding steroid dienone is 1. The number of aliphatic hydroxyl groups excluding tert-OH is 1. The molecule has 0 spiro atoms. The summed E-state index contributed by atoms with van der Waals surface area (Å²) in [4.78, 5) is 0. The van der Waals surface area contributed by atoms with Crippen LogP contribution in [0.25, 0.3) is 0 Å². The Kier molecular flexibility index (Phi) is 4.73. The molecule has 2 saturated carbocycles. The molecule has 0 saturated heterocycles. The second-order valence-electron chi connectivity index (χ2n) is 9.39. The molecule has 3 aliphatic carbocycles. The van der Waals surface area contributed by atoms with Gasteiger partial charge in [0.2, 0.25) is 0 Å². The van der Waals surface area contributed by atoms with Crippen LogP contribution in [0.4, 0.5) is 0 Å². The molecule has 0 aromatic heterocycles. The van der Waals surface area contributed by atoms with E-state index in [1.807, 2.05) is 6.92 Å². The van der Waals surface area contributed by atoms with Crippen LogP contribution in [0.5, 0.6) is 0 Å². The van der Waals surface area contributed by atoms with E-state index in [0.29, 0.717) is 10.8 Å². The summed E-state index contributed by atoms with van der Waals surface area (Å²) in [5.74, 6) is 3.65. The lowest BCUT2D eigenvalue weighted by molar-refractivity contribution is -0.0378. The fraction of sp³-hybridized carbons (Fsp3) is 0.909. The largest absolute Gasteiger partial charge is 0.393 e. The van der Waals surface area contributed by atoms with Crippen molar-refractivity contribution in [2.75, 3.05) is 0 Å². The normalized spacial score (nSPS) is 47.7. The van der Waals surface area contributed by atoms with E-state index in [-0.39, 0.29) is 6.10 Å². The second-order valence-corrected chi connectivity index (χ2v) is 9.39. The highest BCUT2D eigenvalue weighted by Gasteiger charge is 2.57. The zero-order valence-corrected chi connectivity index (χ0v) is 16.1. The van der Waals surface area contributed by atoms with Crippen molar-refractivity contribution in [3.05, 3.63) is 11.6 Å². The van der Waals surface area contributed by atoms with E-state index in [2.05, 4.69) is 33.8 Å². The monoisotopic (exact) mass is 318 g/mol. The molecule has 7 atom stereocenters. The third-order valence-corrected chi connectivity index (χ3v) is 8.56. The van der Waals surface area contributed by atoms with Crippen LogP contribution in [0, 0.1) is 34.5 Å². The van der Waals surface area contributed by atoms with Gasteiger partial charge in [0.1, 0.15) is 0 Å². The molecule has 0 aromatic rings. The van der Waals surface area contributed by atoms with Crippen molar-refractivity contribution in [2.45, 2.75) is 92.1 Å². The zero-order chi connectivity index (χ0) is 16.8. The summed E-state index contributed by atoms with van der Waals surface area (Å²) in [5.41, 5.74) is 2.50. The summed E-state index contributed by atoms with van der Waals surface area (Å²) in [6.07, 6.45) is 12.9. The Morgan fingerprint density at radius 1 is 1.17 bits per heavy atom. The summed E-state index contributed by atoms with van der Waals surface area (Å²) in [5, 5.41) is 9.95. The highest BCUT2D eigenvalue weighted by molar-refractivity contribution is 5.23. The van der Waals surface area contributed by atoms with Gasteiger partial charge in [-0.15, -0.1) is 0 Å². The fourth-order valence-corrected chi connectivity index (χ4v) is 7.06. The average Bonchev–Trinajstić information content (AvgIpc) is 2.86. The SMILES string of the molecule is CCC1CCC2C3CC=C(CC(C)O)C(C)(CC)C3CCC12C. The van der Waals surface area contributed by atoms with Crippen LogP contribution < -0.4 is 0 Å². The lowest BCUT2D eigenvalue weighted by atomic mass is 9.48. The Balaban J connectivity index is 1.91. The first-order chi connectivity index (χ1) is 10.9. The Hall–Kier alpha value is -0.300. The number of aliphatic hydroxyl groups is 1. The quantitative estimate of drug-likeness (QED) is 0.633. The maximum atomic E-state index is 9.95. The molecule has 0 aromatic carbocycles. The molecule has 3 rings (SSSR count). The third-order valence-electron chi connectivity index (χ3n) is 8.56. The van der Waals surface area contributed by atoms with Gasteiger partial charge in [0.05, 0.1) is 6.10 Å². The summed E-state index contributed by atoms with van der Waals surface area (Å²) in [6, 6.07) is 0. The molecule has 0 aliphatic heterocycles. The van der Waals surface area contributed by atoms with Crippen LogP contribution >= 0.6 is 0 Å². The molecule has 7 unspecified atom stereocenters. The molecule has 3 aliphatic rings. The summed E-state index contributed by atoms with van der Waals surface area (Å²) < 4.78 is 0. The van der Waals surface area contributed by atoms with Gasteiger partial charge in [0.25, 0.3) is 0 Å². The first-order valence-electron chi connectivity index (χ1n) is 10.2. The van der Waals surface area contributed by atoms with Gasteiger partial charge in [-0.3, -0.25) is 0 Å². The van der Waals surface area contributed by atoms with E-state index >= 15 is 0 Å². The molecule has 23 heavy (non-hydrogen) atoms. The smallest absolute Gasteiger partial charge is 0.0549 e. The Morgan fingerprint density at radius 3 is 2.52 bits per heavy atom. The first kappa shape index (κ1) is 17.5. The predicted molar refractivity (Wildman–Crippen MR) is 98.2 cm³/mol. The lowest BCUT2D eigenvalue weighted by Crippen LogP contribution is -2.48. The van der Waals surface area contributed by atoms with Crippen LogP contribution in [0.2, 0.25) is 0 Å². The number of fused-ring (bicyclic) bond motifs is 3. The minimum Gasteiger partial charge on any atom is -0.393 e. The van der Waals surface area contributed by atoms with Crippen LogP contribution in [0.3, 0.4) is 0 Å². The maximum Gasteiger partial charge on any atom is 0.0549 e. The zero-order valence-electron chi connectivity index (χ0n) is 16.1. The molecule has 0 heterocycles. The van der Waals surface area contributed by atoms with Crippen molar-refractivity contribution in [2.24, 2.45) is 34.5 Å². The summed E-state index contributed by atoms with van der Waals surface area (Å²) >= 11 is 0. The standard InChI is InChI=1S/C22H38O/c1-6-16-9-11-19-18-10-8-17(14-15(3)23)21(4,7-2)20(18)12-13-22(16,19)5/h8,15-16,18-20,23H,6-7,9-14H2,1-5H3. The highest BCUT2D eigenvalue weighted by atomic mass is 16.3. The van der Waals surface area contributed by atoms with Gasteiger partial charge in [0, 0.05) is 0 Å². The van der Waals surface area contributed by atoms with Gasteiger partial charge < -0.3 is 5.11 Å². The van der Waals surface area contributed by atoms with Crippen molar-refractivity contribution >= 4 is 0 Å². The van der Waals surface area contributed by atoms with Crippen LogP contribution in [0.15, 0.2) is 11.6 Å². The topological polar surface area (TPSA) is 20.2 Å². The molecule has 1 N–H and O–H groups in total. The van der Waals surface area contributed by atoms with Crippen LogP contribution in [0.1, 0.15) is 86.0 Å². The van der Waals surface area contributed by atoms with E-state index < -0.39 is 0 Å². The predicted octanol–water partition coefficient (Wildman–Crippen LogP) is 5.97. The molecule has 0 bridgehead atoms. The molecule has 2 fully saturated rings. The van der Waals surface area contributed by atoms with Gasteiger partial charge >= 0.3 is 0 Å². The third kappa shape index (κ3) is 2.62. The maximum absolute atomic E-state index is 9.95. The van der Waals surface area contributed by atoms with Crippen molar-refractivity contribution in [1.82, 2.24) is 0 Å². The van der Waals surface area contributed by atoms with E-state index in [1.165, 1.54) is 44.9 Å². The lowest BCUT2D eigenvalue weighted by Gasteiger charge is -2.56. The van der Waals surface area contributed by atoms with E-state index in [4.69, 9.17) is 0 Å².